The smallest absolute Gasteiger partial charge is 0.169 e. The van der Waals surface area contributed by atoms with Crippen molar-refractivity contribution < 1.29 is 13.2 Å². The zero-order valence-corrected chi connectivity index (χ0v) is 14.1. The van der Waals surface area contributed by atoms with Crippen LogP contribution >= 0.6 is 0 Å². The van der Waals surface area contributed by atoms with Crippen molar-refractivity contribution in [2.24, 2.45) is 5.41 Å². The quantitative estimate of drug-likeness (QED) is 0.586. The topological polar surface area (TPSA) is 0 Å². The summed E-state index contributed by atoms with van der Waals surface area (Å²) in [5.41, 5.74) is -0.894. The van der Waals surface area contributed by atoms with Crippen LogP contribution in [0.5, 0.6) is 0 Å². The van der Waals surface area contributed by atoms with Gasteiger partial charge in [0.2, 0.25) is 0 Å². The summed E-state index contributed by atoms with van der Waals surface area (Å²) >= 11 is 0. The number of alkyl halides is 3. The maximum Gasteiger partial charge on any atom is 0.409 e. The Bertz CT molecular complexity index is 713. The molecule has 2 rings (SSSR count). The van der Waals surface area contributed by atoms with E-state index in [0.29, 0.717) is 0 Å². The fourth-order valence-electron chi connectivity index (χ4n) is 2.96. The number of terminal acetylenes is 1. The molecule has 1 atom stereocenters. The van der Waals surface area contributed by atoms with Gasteiger partial charge in [-0.25, -0.2) is 0 Å². The molecule has 0 aliphatic heterocycles. The third kappa shape index (κ3) is 3.64. The normalized spacial score (nSPS) is 14.7. The predicted octanol–water partition coefficient (Wildman–Crippen LogP) is 6.22. The van der Waals surface area contributed by atoms with E-state index in [0.717, 1.165) is 11.1 Å². The fraction of sp³-hybridized carbons (Fsp3) is 0.333. The zero-order chi connectivity index (χ0) is 18.0. The van der Waals surface area contributed by atoms with Gasteiger partial charge in [-0.05, 0) is 28.5 Å². The minimum Gasteiger partial charge on any atom is -0.169 e. The largest absolute Gasteiger partial charge is 0.409 e. The van der Waals surface area contributed by atoms with Crippen molar-refractivity contribution in [3.63, 3.8) is 0 Å². The second-order valence-electron chi connectivity index (χ2n) is 7.23. The summed E-state index contributed by atoms with van der Waals surface area (Å²) < 4.78 is 41.6. The number of hydrogen-bond acceptors (Lipinski definition) is 0. The average molecular weight is 330 g/mol. The molecule has 0 saturated carbocycles. The second kappa shape index (κ2) is 6.36. The van der Waals surface area contributed by atoms with Crippen molar-refractivity contribution >= 4 is 0 Å². The maximum atomic E-state index is 13.9. The maximum absolute atomic E-state index is 13.9. The van der Waals surface area contributed by atoms with Crippen molar-refractivity contribution in [2.45, 2.75) is 38.8 Å². The number of rotatable bonds is 3. The molecule has 0 amide bonds. The summed E-state index contributed by atoms with van der Waals surface area (Å²) in [7, 11) is 0. The molecule has 0 radical (unpaired) electrons. The second-order valence-corrected chi connectivity index (χ2v) is 7.23. The molecule has 0 fully saturated rings. The van der Waals surface area contributed by atoms with Crippen molar-refractivity contribution in [3.8, 4) is 23.5 Å². The number of hydrogen-bond donors (Lipinski definition) is 0. The molecule has 0 N–H and O–H groups in total. The van der Waals surface area contributed by atoms with E-state index < -0.39 is 17.0 Å². The van der Waals surface area contributed by atoms with Gasteiger partial charge in [-0.2, -0.15) is 13.2 Å². The average Bonchev–Trinajstić information content (AvgIpc) is 2.51. The molecule has 126 valence electrons. The van der Waals surface area contributed by atoms with E-state index in [1.165, 1.54) is 12.1 Å². The van der Waals surface area contributed by atoms with E-state index in [-0.39, 0.29) is 12.0 Å². The Labute approximate surface area is 141 Å². The molecular formula is C21H21F3. The monoisotopic (exact) mass is 330 g/mol. The van der Waals surface area contributed by atoms with Gasteiger partial charge in [0, 0.05) is 0 Å². The first kappa shape index (κ1) is 18.1. The highest BCUT2D eigenvalue weighted by Gasteiger charge is 2.56. The van der Waals surface area contributed by atoms with Gasteiger partial charge in [0.15, 0.2) is 5.41 Å². The Balaban J connectivity index is 2.50. The van der Waals surface area contributed by atoms with Crippen LogP contribution in [0.15, 0.2) is 54.6 Å². The van der Waals surface area contributed by atoms with Gasteiger partial charge in [0.1, 0.15) is 0 Å². The Kier molecular flexibility index (Phi) is 4.80. The third-order valence-corrected chi connectivity index (χ3v) is 4.01. The Morgan fingerprint density at radius 2 is 1.33 bits per heavy atom. The summed E-state index contributed by atoms with van der Waals surface area (Å²) in [6.07, 6.45) is 0.740. The van der Waals surface area contributed by atoms with Crippen LogP contribution in [0.25, 0.3) is 11.1 Å². The molecule has 0 aliphatic rings. The van der Waals surface area contributed by atoms with Crippen molar-refractivity contribution in [1.82, 2.24) is 0 Å². The van der Waals surface area contributed by atoms with E-state index in [1.54, 1.807) is 32.9 Å². The van der Waals surface area contributed by atoms with E-state index in [9.17, 15) is 13.2 Å². The van der Waals surface area contributed by atoms with Crippen LogP contribution in [0.4, 0.5) is 13.2 Å². The Hall–Kier alpha value is -2.21. The molecule has 2 aromatic carbocycles. The first-order chi connectivity index (χ1) is 11.1. The van der Waals surface area contributed by atoms with Crippen LogP contribution < -0.4 is 0 Å². The van der Waals surface area contributed by atoms with Gasteiger partial charge >= 0.3 is 6.18 Å². The molecule has 2 aromatic rings. The molecule has 24 heavy (non-hydrogen) atoms. The summed E-state index contributed by atoms with van der Waals surface area (Å²) in [6.45, 7) is 5.30. The first-order valence-corrected chi connectivity index (χ1v) is 7.79. The standard InChI is InChI=1S/C21H21F3/c1-5-20(21(22,23)24,15-19(2,3)4)18-13-11-17(12-14-18)16-9-7-6-8-10-16/h1,6-14H,15H2,2-4H3. The SMILES string of the molecule is C#CC(CC(C)(C)C)(c1ccc(-c2ccccc2)cc1)C(F)(F)F. The first-order valence-electron chi connectivity index (χ1n) is 7.79. The van der Waals surface area contributed by atoms with Crippen LogP contribution in [0.3, 0.4) is 0 Å². The zero-order valence-electron chi connectivity index (χ0n) is 14.1. The minimum absolute atomic E-state index is 0.118. The third-order valence-electron chi connectivity index (χ3n) is 4.01. The van der Waals surface area contributed by atoms with E-state index in [1.807, 2.05) is 30.3 Å². The van der Waals surface area contributed by atoms with E-state index >= 15 is 0 Å². The highest BCUT2D eigenvalue weighted by Crippen LogP contribution is 2.48. The lowest BCUT2D eigenvalue weighted by atomic mass is 9.69. The van der Waals surface area contributed by atoms with Crippen LogP contribution in [0.2, 0.25) is 0 Å². The molecule has 0 saturated heterocycles. The summed E-state index contributed by atoms with van der Waals surface area (Å²) in [4.78, 5) is 0. The summed E-state index contributed by atoms with van der Waals surface area (Å²) in [5, 5.41) is 0. The predicted molar refractivity (Wildman–Crippen MR) is 92.5 cm³/mol. The molecule has 0 spiro atoms. The van der Waals surface area contributed by atoms with Gasteiger partial charge in [-0.15, -0.1) is 6.42 Å². The lowest BCUT2D eigenvalue weighted by Crippen LogP contribution is -2.44. The molecule has 0 aromatic heterocycles. The number of benzene rings is 2. The van der Waals surface area contributed by atoms with Crippen LogP contribution in [0, 0.1) is 17.8 Å². The molecule has 0 aliphatic carbocycles. The highest BCUT2D eigenvalue weighted by atomic mass is 19.4. The summed E-state index contributed by atoms with van der Waals surface area (Å²) in [6, 6.07) is 15.9. The fourth-order valence-corrected chi connectivity index (χ4v) is 2.96. The van der Waals surface area contributed by atoms with Crippen LogP contribution in [-0.4, -0.2) is 6.18 Å². The lowest BCUT2D eigenvalue weighted by molar-refractivity contribution is -0.180. The molecule has 3 heteroatoms. The Morgan fingerprint density at radius 3 is 1.75 bits per heavy atom. The van der Waals surface area contributed by atoms with Crippen molar-refractivity contribution in [1.29, 1.82) is 0 Å². The number of halogens is 3. The molecule has 0 heterocycles. The van der Waals surface area contributed by atoms with Gasteiger partial charge in [-0.3, -0.25) is 0 Å². The van der Waals surface area contributed by atoms with Gasteiger partial charge in [0.05, 0.1) is 0 Å². The van der Waals surface area contributed by atoms with Crippen molar-refractivity contribution in [2.75, 3.05) is 0 Å². The van der Waals surface area contributed by atoms with E-state index in [2.05, 4.69) is 5.92 Å². The molecule has 0 bridgehead atoms. The molecule has 1 unspecified atom stereocenters. The highest BCUT2D eigenvalue weighted by molar-refractivity contribution is 5.64. The van der Waals surface area contributed by atoms with Gasteiger partial charge in [0.25, 0.3) is 0 Å². The van der Waals surface area contributed by atoms with Gasteiger partial charge < -0.3 is 0 Å². The lowest BCUT2D eigenvalue weighted by Gasteiger charge is -2.36. The Morgan fingerprint density at radius 1 is 0.833 bits per heavy atom. The molecule has 0 nitrogen and oxygen atoms in total. The van der Waals surface area contributed by atoms with E-state index in [4.69, 9.17) is 6.42 Å². The van der Waals surface area contributed by atoms with Gasteiger partial charge in [-0.1, -0.05) is 81.3 Å². The molecular weight excluding hydrogens is 309 g/mol. The van der Waals surface area contributed by atoms with Crippen molar-refractivity contribution in [3.05, 3.63) is 60.2 Å². The summed E-state index contributed by atoms with van der Waals surface area (Å²) in [5.74, 6) is 2.06. The van der Waals surface area contributed by atoms with Crippen LogP contribution in [0.1, 0.15) is 32.8 Å². The minimum atomic E-state index is -4.51. The van der Waals surface area contributed by atoms with Crippen LogP contribution in [-0.2, 0) is 5.41 Å².